The minimum absolute atomic E-state index is 0.0546. The van der Waals surface area contributed by atoms with Crippen molar-refractivity contribution in [2.75, 3.05) is 24.5 Å². The molecule has 5 rings (SSSR count). The second-order valence-electron chi connectivity index (χ2n) is 9.97. The van der Waals surface area contributed by atoms with Gasteiger partial charge in [0.05, 0.1) is 5.39 Å². The molecule has 176 valence electrons. The lowest BCUT2D eigenvalue weighted by Crippen LogP contribution is -2.54. The van der Waals surface area contributed by atoms with Gasteiger partial charge in [0.25, 0.3) is 0 Å². The summed E-state index contributed by atoms with van der Waals surface area (Å²) in [6, 6.07) is 3.80. The van der Waals surface area contributed by atoms with Crippen LogP contribution in [0.4, 0.5) is 10.6 Å². The third kappa shape index (κ3) is 4.14. The Kier molecular flexibility index (Phi) is 5.35. The number of amides is 1. The Balaban J connectivity index is 1.51. The lowest BCUT2D eigenvalue weighted by Gasteiger charge is -2.41. The van der Waals surface area contributed by atoms with Crippen LogP contribution in [0.2, 0.25) is 0 Å². The van der Waals surface area contributed by atoms with Crippen LogP contribution in [-0.4, -0.2) is 66.8 Å². The van der Waals surface area contributed by atoms with E-state index in [0.717, 1.165) is 29.7 Å². The van der Waals surface area contributed by atoms with E-state index in [2.05, 4.69) is 39.0 Å². The van der Waals surface area contributed by atoms with Crippen LogP contribution < -0.4 is 4.90 Å². The molecule has 1 saturated heterocycles. The third-order valence-electron chi connectivity index (χ3n) is 6.17. The second kappa shape index (κ2) is 8.24. The molecule has 0 aromatic carbocycles. The van der Waals surface area contributed by atoms with Gasteiger partial charge in [0, 0.05) is 37.9 Å². The minimum atomic E-state index is -0.523. The zero-order valence-corrected chi connectivity index (χ0v) is 19.9. The summed E-state index contributed by atoms with van der Waals surface area (Å²) in [6.45, 7) is 9.49. The van der Waals surface area contributed by atoms with E-state index < -0.39 is 5.60 Å². The number of anilines is 1. The number of nitriles is 1. The summed E-state index contributed by atoms with van der Waals surface area (Å²) < 4.78 is 7.50. The Hall–Kier alpha value is -3.74. The Labute approximate surface area is 198 Å². The molecule has 0 spiro atoms. The van der Waals surface area contributed by atoms with Crippen molar-refractivity contribution in [1.82, 2.24) is 29.4 Å². The van der Waals surface area contributed by atoms with Gasteiger partial charge in [0.1, 0.15) is 41.7 Å². The highest BCUT2D eigenvalue weighted by atomic mass is 16.6. The lowest BCUT2D eigenvalue weighted by atomic mass is 10.1. The van der Waals surface area contributed by atoms with Crippen molar-refractivity contribution in [3.63, 3.8) is 0 Å². The maximum atomic E-state index is 12.6. The average Bonchev–Trinajstić information content (AvgIpc) is 3.57. The topological polar surface area (TPSA) is 113 Å². The lowest BCUT2D eigenvalue weighted by molar-refractivity contribution is 0.0218. The highest BCUT2D eigenvalue weighted by molar-refractivity contribution is 5.93. The predicted molar refractivity (Wildman–Crippen MR) is 126 cm³/mol. The molecular formula is C24H28N8O2. The first-order valence-electron chi connectivity index (χ1n) is 11.6. The summed E-state index contributed by atoms with van der Waals surface area (Å²) in [7, 11) is 0. The van der Waals surface area contributed by atoms with Gasteiger partial charge < -0.3 is 14.5 Å². The van der Waals surface area contributed by atoms with Gasteiger partial charge in [0.2, 0.25) is 0 Å². The van der Waals surface area contributed by atoms with Gasteiger partial charge in [-0.05, 0) is 52.0 Å². The average molecular weight is 461 g/mol. The van der Waals surface area contributed by atoms with Gasteiger partial charge in [-0.25, -0.2) is 24.7 Å². The summed E-state index contributed by atoms with van der Waals surface area (Å²) in [5.41, 5.74) is 1.74. The number of carbonyl (C=O) groups is 1. The SMILES string of the molecule is C[C@H]1CN(C(=O)OC(C)(C)C)CCN1c1ncnc2c1c(C1CC1)cn2-c1cc(C#N)ncn1. The number of hydrogen-bond acceptors (Lipinski definition) is 8. The molecule has 2 fully saturated rings. The summed E-state index contributed by atoms with van der Waals surface area (Å²) in [6.07, 6.45) is 7.02. The number of aromatic nitrogens is 5. The molecule has 0 radical (unpaired) electrons. The van der Waals surface area contributed by atoms with Crippen molar-refractivity contribution < 1.29 is 9.53 Å². The molecule has 3 aromatic rings. The number of piperazine rings is 1. The molecule has 1 aliphatic carbocycles. The molecule has 4 heterocycles. The number of hydrogen-bond donors (Lipinski definition) is 0. The molecule has 0 unspecified atom stereocenters. The van der Waals surface area contributed by atoms with E-state index in [9.17, 15) is 10.1 Å². The van der Waals surface area contributed by atoms with Crippen molar-refractivity contribution in [1.29, 1.82) is 5.26 Å². The van der Waals surface area contributed by atoms with Crippen LogP contribution in [0.25, 0.3) is 16.9 Å². The van der Waals surface area contributed by atoms with Gasteiger partial charge in [-0.3, -0.25) is 4.57 Å². The van der Waals surface area contributed by atoms with Crippen LogP contribution in [-0.2, 0) is 4.74 Å². The standard InChI is InChI=1S/C24H28N8O2/c1-15-11-30(23(33)34-24(2,3)4)7-8-31(15)21-20-18(16-5-6-16)12-32(22(20)29-14-28-21)19-9-17(10-25)26-13-27-19/h9,12-16H,5-8,11H2,1-4H3/t15-/m0/s1. The summed E-state index contributed by atoms with van der Waals surface area (Å²) in [5.74, 6) is 1.94. The maximum absolute atomic E-state index is 12.6. The molecule has 1 aliphatic heterocycles. The van der Waals surface area contributed by atoms with Crippen molar-refractivity contribution >= 4 is 22.9 Å². The zero-order chi connectivity index (χ0) is 24.0. The van der Waals surface area contributed by atoms with E-state index >= 15 is 0 Å². The van der Waals surface area contributed by atoms with Crippen molar-refractivity contribution in [3.8, 4) is 11.9 Å². The molecule has 10 nitrogen and oxygen atoms in total. The molecule has 1 atom stereocenters. The summed E-state index contributed by atoms with van der Waals surface area (Å²) in [5, 5.41) is 10.3. The molecule has 0 bridgehead atoms. The van der Waals surface area contributed by atoms with Gasteiger partial charge >= 0.3 is 6.09 Å². The van der Waals surface area contributed by atoms with Crippen LogP contribution in [0.15, 0.2) is 24.9 Å². The van der Waals surface area contributed by atoms with E-state index in [1.807, 2.05) is 25.3 Å². The van der Waals surface area contributed by atoms with E-state index in [-0.39, 0.29) is 12.1 Å². The molecule has 10 heteroatoms. The van der Waals surface area contributed by atoms with E-state index in [1.165, 1.54) is 11.9 Å². The first kappa shape index (κ1) is 22.1. The van der Waals surface area contributed by atoms with Gasteiger partial charge in [-0.15, -0.1) is 0 Å². The van der Waals surface area contributed by atoms with Crippen LogP contribution >= 0.6 is 0 Å². The van der Waals surface area contributed by atoms with Crippen LogP contribution in [0.3, 0.4) is 0 Å². The summed E-state index contributed by atoms with van der Waals surface area (Å²) >= 11 is 0. The fourth-order valence-corrected chi connectivity index (χ4v) is 4.47. The predicted octanol–water partition coefficient (Wildman–Crippen LogP) is 3.41. The first-order chi connectivity index (χ1) is 16.2. The maximum Gasteiger partial charge on any atom is 0.410 e. The van der Waals surface area contributed by atoms with E-state index in [4.69, 9.17) is 9.72 Å². The summed E-state index contributed by atoms with van der Waals surface area (Å²) in [4.78, 5) is 34.3. The van der Waals surface area contributed by atoms with Gasteiger partial charge in [-0.1, -0.05) is 0 Å². The monoisotopic (exact) mass is 460 g/mol. The molecule has 1 amide bonds. The Morgan fingerprint density at radius 2 is 1.91 bits per heavy atom. The number of fused-ring (bicyclic) bond motifs is 1. The first-order valence-corrected chi connectivity index (χ1v) is 11.6. The molecule has 0 N–H and O–H groups in total. The van der Waals surface area contributed by atoms with Gasteiger partial charge in [-0.2, -0.15) is 5.26 Å². The van der Waals surface area contributed by atoms with Crippen LogP contribution in [0.5, 0.6) is 0 Å². The van der Waals surface area contributed by atoms with Crippen LogP contribution in [0, 0.1) is 11.3 Å². The molecule has 34 heavy (non-hydrogen) atoms. The van der Waals surface area contributed by atoms with Crippen molar-refractivity contribution in [2.24, 2.45) is 0 Å². The zero-order valence-electron chi connectivity index (χ0n) is 19.9. The molecule has 2 aliphatic rings. The quantitative estimate of drug-likeness (QED) is 0.584. The second-order valence-corrected chi connectivity index (χ2v) is 9.97. The Morgan fingerprint density at radius 1 is 1.15 bits per heavy atom. The molecule has 1 saturated carbocycles. The fraction of sp³-hybridized carbons (Fsp3) is 0.500. The number of carbonyl (C=O) groups excluding carboxylic acids is 1. The number of rotatable bonds is 3. The number of ether oxygens (including phenoxy) is 1. The fourth-order valence-electron chi connectivity index (χ4n) is 4.47. The van der Waals surface area contributed by atoms with E-state index in [1.54, 1.807) is 17.3 Å². The smallest absolute Gasteiger partial charge is 0.410 e. The van der Waals surface area contributed by atoms with E-state index in [0.29, 0.717) is 37.1 Å². The van der Waals surface area contributed by atoms with Crippen LogP contribution in [0.1, 0.15) is 57.7 Å². The largest absolute Gasteiger partial charge is 0.444 e. The molecule has 3 aromatic heterocycles. The molecular weight excluding hydrogens is 432 g/mol. The van der Waals surface area contributed by atoms with Gasteiger partial charge in [0.15, 0.2) is 5.65 Å². The van der Waals surface area contributed by atoms with Crippen molar-refractivity contribution in [2.45, 2.75) is 58.1 Å². The Morgan fingerprint density at radius 3 is 2.59 bits per heavy atom. The number of nitrogens with zero attached hydrogens (tertiary/aromatic N) is 8. The normalized spacial score (nSPS) is 18.7. The third-order valence-corrected chi connectivity index (χ3v) is 6.17. The minimum Gasteiger partial charge on any atom is -0.444 e. The highest BCUT2D eigenvalue weighted by Crippen LogP contribution is 2.46. The highest BCUT2D eigenvalue weighted by Gasteiger charge is 2.34. The Bertz CT molecular complexity index is 1280. The van der Waals surface area contributed by atoms with Crippen molar-refractivity contribution in [3.05, 3.63) is 36.2 Å².